The van der Waals surface area contributed by atoms with E-state index in [-0.39, 0.29) is 16.9 Å². The lowest BCUT2D eigenvalue weighted by atomic mass is 9.68. The second-order valence-electron chi connectivity index (χ2n) is 9.13. The fourth-order valence-electron chi connectivity index (χ4n) is 4.96. The molecule has 2 saturated carbocycles. The molecule has 0 aromatic heterocycles. The Morgan fingerprint density at radius 1 is 1.29 bits per heavy atom. The molecule has 0 heterocycles. The first-order valence-electron chi connectivity index (χ1n) is 9.46. The third kappa shape index (κ3) is 3.72. The molecule has 0 aromatic carbocycles. The molecule has 0 radical (unpaired) electrons. The Morgan fingerprint density at radius 3 is 2.36 bits per heavy atom. The minimum atomic E-state index is -2.02. The summed E-state index contributed by atoms with van der Waals surface area (Å²) in [5.41, 5.74) is 3.32. The van der Waals surface area contributed by atoms with E-state index in [9.17, 15) is 19.2 Å². The molecule has 5 N–H and O–H groups in total. The predicted octanol–water partition coefficient (Wildman–Crippen LogP) is 0.167. The number of fused-ring (bicyclic) bond motifs is 2. The first-order valence-corrected chi connectivity index (χ1v) is 9.46. The average Bonchev–Trinajstić information content (AvgIpc) is 3.07. The number of nitrogens with two attached hydrogens (primary N) is 1. The largest absolute Gasteiger partial charge is 0.481 e. The molecule has 2 aliphatic carbocycles. The highest BCUT2D eigenvalue weighted by Gasteiger charge is 2.61. The van der Waals surface area contributed by atoms with E-state index in [4.69, 9.17) is 15.6 Å². The van der Waals surface area contributed by atoms with Gasteiger partial charge in [-0.25, -0.2) is 4.79 Å². The monoisotopic (exact) mass is 397 g/mol. The Bertz CT molecular complexity index is 688. The lowest BCUT2D eigenvalue weighted by molar-refractivity contribution is -0.156. The zero-order valence-corrected chi connectivity index (χ0v) is 17.1. The molecule has 2 amide bonds. The van der Waals surface area contributed by atoms with Crippen LogP contribution < -0.4 is 16.4 Å². The summed E-state index contributed by atoms with van der Waals surface area (Å²) < 4.78 is 4.73. The number of carbonyl (C=O) groups excluding carboxylic acids is 3. The van der Waals surface area contributed by atoms with Crippen molar-refractivity contribution in [2.45, 2.75) is 71.0 Å². The molecule has 2 aliphatic rings. The zero-order valence-electron chi connectivity index (χ0n) is 17.1. The Morgan fingerprint density at radius 2 is 1.89 bits per heavy atom. The highest BCUT2D eigenvalue weighted by molar-refractivity contribution is 6.10. The number of ether oxygens (including phenoxy) is 1. The van der Waals surface area contributed by atoms with E-state index in [1.54, 1.807) is 0 Å². The Labute approximate surface area is 164 Å². The van der Waals surface area contributed by atoms with Crippen LogP contribution in [-0.2, 0) is 23.9 Å². The Kier molecular flexibility index (Phi) is 5.81. The number of hydrogen-bond donors (Lipinski definition) is 4. The first kappa shape index (κ1) is 22.1. The smallest absolute Gasteiger partial charge is 0.341 e. The molecule has 0 aliphatic heterocycles. The Hall–Kier alpha value is -2.16. The van der Waals surface area contributed by atoms with Gasteiger partial charge in [0.05, 0.1) is 19.6 Å². The maximum Gasteiger partial charge on any atom is 0.341 e. The van der Waals surface area contributed by atoms with Crippen LogP contribution in [0.2, 0.25) is 0 Å². The van der Waals surface area contributed by atoms with Crippen LogP contribution in [0, 0.1) is 16.7 Å². The van der Waals surface area contributed by atoms with Crippen molar-refractivity contribution in [3.63, 3.8) is 0 Å². The number of methoxy groups -OCH3 is 1. The molecule has 0 spiro atoms. The van der Waals surface area contributed by atoms with Crippen LogP contribution in [0.1, 0.15) is 53.4 Å². The van der Waals surface area contributed by atoms with Gasteiger partial charge >= 0.3 is 11.9 Å². The molecule has 0 aromatic rings. The van der Waals surface area contributed by atoms with Gasteiger partial charge in [0, 0.05) is 6.04 Å². The molecule has 3 unspecified atom stereocenters. The van der Waals surface area contributed by atoms with E-state index in [2.05, 4.69) is 31.4 Å². The van der Waals surface area contributed by atoms with Gasteiger partial charge in [-0.3, -0.25) is 14.4 Å². The van der Waals surface area contributed by atoms with Gasteiger partial charge in [0.25, 0.3) is 5.91 Å². The van der Waals surface area contributed by atoms with E-state index in [1.165, 1.54) is 6.92 Å². The third-order valence-corrected chi connectivity index (χ3v) is 6.70. The van der Waals surface area contributed by atoms with Crippen molar-refractivity contribution in [3.8, 4) is 0 Å². The summed E-state index contributed by atoms with van der Waals surface area (Å²) in [5, 5.41) is 14.1. The van der Waals surface area contributed by atoms with E-state index in [0.717, 1.165) is 26.4 Å². The maximum atomic E-state index is 13.1. The molecule has 2 rings (SSSR count). The maximum absolute atomic E-state index is 13.1. The minimum Gasteiger partial charge on any atom is -0.481 e. The van der Waals surface area contributed by atoms with Crippen LogP contribution in [0.3, 0.4) is 0 Å². The summed E-state index contributed by atoms with van der Waals surface area (Å²) >= 11 is 0. The van der Waals surface area contributed by atoms with Gasteiger partial charge in [0.15, 0.2) is 0 Å². The van der Waals surface area contributed by atoms with E-state index < -0.39 is 41.8 Å². The number of carboxylic acids is 1. The number of esters is 1. The third-order valence-electron chi connectivity index (χ3n) is 6.70. The molecule has 2 fully saturated rings. The van der Waals surface area contributed by atoms with Crippen LogP contribution >= 0.6 is 0 Å². The van der Waals surface area contributed by atoms with Gasteiger partial charge < -0.3 is 26.2 Å². The molecular formula is C19H31N3O6. The quantitative estimate of drug-likeness (QED) is 0.353. The number of carbonyl (C=O) groups is 4. The molecule has 5 atom stereocenters. The first-order chi connectivity index (χ1) is 12.8. The molecule has 0 saturated heterocycles. The summed E-state index contributed by atoms with van der Waals surface area (Å²) in [6, 6.07) is -1.56. The van der Waals surface area contributed by atoms with Gasteiger partial charge in [-0.1, -0.05) is 20.8 Å². The van der Waals surface area contributed by atoms with E-state index >= 15 is 0 Å². The molecule has 9 nitrogen and oxygen atoms in total. The van der Waals surface area contributed by atoms with Crippen molar-refractivity contribution >= 4 is 23.8 Å². The number of rotatable bonds is 7. The van der Waals surface area contributed by atoms with Crippen LogP contribution in [0.4, 0.5) is 0 Å². The summed E-state index contributed by atoms with van der Waals surface area (Å²) in [7, 11) is 1.11. The van der Waals surface area contributed by atoms with Gasteiger partial charge in [0.1, 0.15) is 0 Å². The van der Waals surface area contributed by atoms with Crippen LogP contribution in [-0.4, -0.2) is 53.6 Å². The summed E-state index contributed by atoms with van der Waals surface area (Å²) in [5.74, 6) is -3.34. The van der Waals surface area contributed by atoms with Gasteiger partial charge in [-0.05, 0) is 42.9 Å². The Balaban J connectivity index is 2.23. The van der Waals surface area contributed by atoms with Crippen molar-refractivity contribution < 1.29 is 29.0 Å². The van der Waals surface area contributed by atoms with Crippen LogP contribution in [0.25, 0.3) is 0 Å². The number of hydrogen-bond acceptors (Lipinski definition) is 6. The molecule has 9 heteroatoms. The van der Waals surface area contributed by atoms with Crippen LogP contribution in [0.15, 0.2) is 0 Å². The summed E-state index contributed by atoms with van der Waals surface area (Å²) in [6.45, 7) is 7.57. The van der Waals surface area contributed by atoms with Crippen molar-refractivity contribution in [1.29, 1.82) is 0 Å². The van der Waals surface area contributed by atoms with Crippen molar-refractivity contribution in [2.24, 2.45) is 22.5 Å². The van der Waals surface area contributed by atoms with Crippen molar-refractivity contribution in [2.75, 3.05) is 7.11 Å². The van der Waals surface area contributed by atoms with Gasteiger partial charge in [-0.15, -0.1) is 0 Å². The standard InChI is InChI=1S/C19H31N3O6/c1-17(2)10-6-7-18(3,9-10)14(17)21-15(26)19(4,16(27)28-5)22-13(25)11(20)8-12(23)24/h10-11,14H,6-9,20H2,1-5H3,(H,21,26)(H,22,25)(H,23,24)/t10?,11-,14?,18?,19-/m0/s1. The lowest BCUT2D eigenvalue weighted by Crippen LogP contribution is -2.67. The topological polar surface area (TPSA) is 148 Å². The molecule has 2 bridgehead atoms. The van der Waals surface area contributed by atoms with Crippen LogP contribution in [0.5, 0.6) is 0 Å². The molecular weight excluding hydrogens is 366 g/mol. The highest BCUT2D eigenvalue weighted by atomic mass is 16.5. The SMILES string of the molecule is COC(=O)[C@@](C)(NC(=O)[C@@H](N)CC(=O)O)C(=O)NC1C2(C)CCC(C2)C1(C)C. The number of carboxylic acid groups (broad SMARTS) is 1. The normalized spacial score (nSPS) is 30.8. The van der Waals surface area contributed by atoms with Crippen molar-refractivity contribution in [1.82, 2.24) is 10.6 Å². The molecule has 158 valence electrons. The summed E-state index contributed by atoms with van der Waals surface area (Å²) in [4.78, 5) is 48.6. The van der Waals surface area contributed by atoms with Gasteiger partial charge in [-0.2, -0.15) is 0 Å². The summed E-state index contributed by atoms with van der Waals surface area (Å²) in [6.07, 6.45) is 2.46. The van der Waals surface area contributed by atoms with Gasteiger partial charge in [0.2, 0.25) is 11.4 Å². The average molecular weight is 397 g/mol. The minimum absolute atomic E-state index is 0.0788. The predicted molar refractivity (Wildman–Crippen MR) is 100.0 cm³/mol. The number of amides is 2. The lowest BCUT2D eigenvalue weighted by Gasteiger charge is -2.44. The number of nitrogens with one attached hydrogen (secondary N) is 2. The fraction of sp³-hybridized carbons (Fsp3) is 0.789. The second kappa shape index (κ2) is 7.35. The van der Waals surface area contributed by atoms with E-state index in [0.29, 0.717) is 5.92 Å². The highest BCUT2D eigenvalue weighted by Crippen LogP contribution is 2.62. The zero-order chi connectivity index (χ0) is 21.5. The fourth-order valence-corrected chi connectivity index (χ4v) is 4.96. The van der Waals surface area contributed by atoms with Crippen molar-refractivity contribution in [3.05, 3.63) is 0 Å². The van der Waals surface area contributed by atoms with E-state index in [1.807, 2.05) is 0 Å². The molecule has 28 heavy (non-hydrogen) atoms. The number of aliphatic carboxylic acids is 1. The second-order valence-corrected chi connectivity index (χ2v) is 9.13.